The van der Waals surface area contributed by atoms with E-state index in [0.29, 0.717) is 6.42 Å². The maximum Gasteiger partial charge on any atom is 0.255 e. The number of hydrogen-bond acceptors (Lipinski definition) is 4. The van der Waals surface area contributed by atoms with Gasteiger partial charge in [-0.25, -0.2) is 0 Å². The summed E-state index contributed by atoms with van der Waals surface area (Å²) >= 11 is 0. The van der Waals surface area contributed by atoms with E-state index in [1.807, 2.05) is 0 Å². The predicted molar refractivity (Wildman–Crippen MR) is 69.0 cm³/mol. The summed E-state index contributed by atoms with van der Waals surface area (Å²) in [6.07, 6.45) is 0.325. The third-order valence-electron chi connectivity index (χ3n) is 2.09. The van der Waals surface area contributed by atoms with E-state index >= 15 is 0 Å². The van der Waals surface area contributed by atoms with Gasteiger partial charge in [0.2, 0.25) is 5.91 Å². The second-order valence-electron chi connectivity index (χ2n) is 3.65. The van der Waals surface area contributed by atoms with Crippen LogP contribution in [0.15, 0.2) is 24.3 Å². The number of phenolic OH excluding ortho intramolecular Hbond substituents is 1. The second-order valence-corrected chi connectivity index (χ2v) is 3.65. The summed E-state index contributed by atoms with van der Waals surface area (Å²) in [7, 11) is 0. The smallest absolute Gasteiger partial charge is 0.255 e. The minimum Gasteiger partial charge on any atom is -0.508 e. The van der Waals surface area contributed by atoms with Crippen molar-refractivity contribution >= 4 is 24.2 Å². The summed E-state index contributed by atoms with van der Waals surface area (Å²) < 4.78 is 0. The van der Waals surface area contributed by atoms with Crippen LogP contribution < -0.4 is 16.6 Å². The zero-order chi connectivity index (χ0) is 12.8. The SMILES string of the molecule is CC(=O)NNC(=O)C(N)Cc1ccc(O)cc1.Cl. The second kappa shape index (κ2) is 7.52. The van der Waals surface area contributed by atoms with Crippen LogP contribution >= 0.6 is 12.4 Å². The molecule has 1 atom stereocenters. The highest BCUT2D eigenvalue weighted by molar-refractivity contribution is 5.85. The van der Waals surface area contributed by atoms with Crippen LogP contribution in [0, 0.1) is 0 Å². The number of phenols is 1. The van der Waals surface area contributed by atoms with Gasteiger partial charge in [-0.15, -0.1) is 12.4 Å². The first-order valence-corrected chi connectivity index (χ1v) is 5.09. The Kier molecular flexibility index (Phi) is 6.77. The van der Waals surface area contributed by atoms with Crippen molar-refractivity contribution in [3.05, 3.63) is 29.8 Å². The topological polar surface area (TPSA) is 104 Å². The van der Waals surface area contributed by atoms with Gasteiger partial charge >= 0.3 is 0 Å². The number of nitrogens with two attached hydrogens (primary N) is 1. The molecule has 0 aliphatic heterocycles. The number of hydrazine groups is 1. The fourth-order valence-electron chi connectivity index (χ4n) is 1.22. The van der Waals surface area contributed by atoms with Crippen molar-refractivity contribution in [3.8, 4) is 5.75 Å². The number of halogens is 1. The number of aromatic hydroxyl groups is 1. The molecule has 0 aromatic heterocycles. The first-order chi connectivity index (χ1) is 7.99. The van der Waals surface area contributed by atoms with Gasteiger partial charge < -0.3 is 10.8 Å². The number of amides is 2. The van der Waals surface area contributed by atoms with Gasteiger partial charge in [-0.05, 0) is 24.1 Å². The molecule has 1 unspecified atom stereocenters. The number of nitrogens with one attached hydrogen (secondary N) is 2. The molecule has 0 saturated heterocycles. The Balaban J connectivity index is 0.00000289. The molecular weight excluding hydrogens is 258 g/mol. The van der Waals surface area contributed by atoms with E-state index in [1.165, 1.54) is 19.1 Å². The summed E-state index contributed by atoms with van der Waals surface area (Å²) in [5, 5.41) is 9.09. The Morgan fingerprint density at radius 3 is 2.33 bits per heavy atom. The summed E-state index contributed by atoms with van der Waals surface area (Å²) in [6, 6.07) is 5.65. The zero-order valence-corrected chi connectivity index (χ0v) is 10.7. The van der Waals surface area contributed by atoms with Crippen LogP contribution in [0.25, 0.3) is 0 Å². The van der Waals surface area contributed by atoms with Gasteiger partial charge in [-0.2, -0.15) is 0 Å². The maximum atomic E-state index is 11.4. The lowest BCUT2D eigenvalue weighted by molar-refractivity contribution is -0.128. The molecule has 0 heterocycles. The minimum absolute atomic E-state index is 0. The quantitative estimate of drug-likeness (QED) is 0.575. The van der Waals surface area contributed by atoms with E-state index in [2.05, 4.69) is 10.9 Å². The van der Waals surface area contributed by atoms with Gasteiger partial charge in [0.15, 0.2) is 0 Å². The highest BCUT2D eigenvalue weighted by atomic mass is 35.5. The molecule has 0 aliphatic carbocycles. The summed E-state index contributed by atoms with van der Waals surface area (Å²) in [4.78, 5) is 22.0. The monoisotopic (exact) mass is 273 g/mol. The van der Waals surface area contributed by atoms with E-state index in [9.17, 15) is 9.59 Å². The molecule has 1 aromatic rings. The van der Waals surface area contributed by atoms with Crippen molar-refractivity contribution < 1.29 is 14.7 Å². The van der Waals surface area contributed by atoms with Crippen LogP contribution in [0.1, 0.15) is 12.5 Å². The van der Waals surface area contributed by atoms with Gasteiger partial charge in [-0.1, -0.05) is 12.1 Å². The van der Waals surface area contributed by atoms with Gasteiger partial charge in [0, 0.05) is 6.92 Å². The van der Waals surface area contributed by atoms with Crippen LogP contribution in [0.2, 0.25) is 0 Å². The molecule has 18 heavy (non-hydrogen) atoms. The first kappa shape index (κ1) is 16.2. The molecule has 2 amide bonds. The van der Waals surface area contributed by atoms with Crippen molar-refractivity contribution in [2.75, 3.05) is 0 Å². The fourth-order valence-corrected chi connectivity index (χ4v) is 1.22. The Bertz CT molecular complexity index is 408. The van der Waals surface area contributed by atoms with E-state index in [1.54, 1.807) is 12.1 Å². The molecule has 5 N–H and O–H groups in total. The van der Waals surface area contributed by atoms with Gasteiger partial charge in [0.25, 0.3) is 5.91 Å². The first-order valence-electron chi connectivity index (χ1n) is 5.09. The number of benzene rings is 1. The van der Waals surface area contributed by atoms with Crippen molar-refractivity contribution in [2.24, 2.45) is 5.73 Å². The Hall–Kier alpha value is -1.79. The Morgan fingerprint density at radius 1 is 1.28 bits per heavy atom. The minimum atomic E-state index is -0.758. The largest absolute Gasteiger partial charge is 0.508 e. The Labute approximate surface area is 111 Å². The lowest BCUT2D eigenvalue weighted by Gasteiger charge is -2.12. The molecule has 100 valence electrons. The van der Waals surface area contributed by atoms with Crippen LogP contribution in [0.4, 0.5) is 0 Å². The number of rotatable bonds is 3. The van der Waals surface area contributed by atoms with Crippen molar-refractivity contribution in [2.45, 2.75) is 19.4 Å². The summed E-state index contributed by atoms with van der Waals surface area (Å²) in [5.41, 5.74) is 10.8. The van der Waals surface area contributed by atoms with Crippen LogP contribution in [0.3, 0.4) is 0 Å². The third kappa shape index (κ3) is 5.51. The fraction of sp³-hybridized carbons (Fsp3) is 0.273. The van der Waals surface area contributed by atoms with Crippen LogP contribution in [-0.4, -0.2) is 23.0 Å². The Morgan fingerprint density at radius 2 is 1.83 bits per heavy atom. The van der Waals surface area contributed by atoms with Crippen molar-refractivity contribution in [1.82, 2.24) is 10.9 Å². The van der Waals surface area contributed by atoms with Gasteiger partial charge in [-0.3, -0.25) is 20.4 Å². The number of hydrogen-bond donors (Lipinski definition) is 4. The van der Waals surface area contributed by atoms with Crippen LogP contribution in [-0.2, 0) is 16.0 Å². The average molecular weight is 274 g/mol. The van der Waals surface area contributed by atoms with Crippen LogP contribution in [0.5, 0.6) is 5.75 Å². The maximum absolute atomic E-state index is 11.4. The molecular formula is C11H16ClN3O3. The number of carbonyl (C=O) groups excluding carboxylic acids is 2. The highest BCUT2D eigenvalue weighted by Crippen LogP contribution is 2.10. The molecule has 0 saturated carbocycles. The zero-order valence-electron chi connectivity index (χ0n) is 9.84. The molecule has 1 aromatic carbocycles. The van der Waals surface area contributed by atoms with E-state index < -0.39 is 11.9 Å². The molecule has 0 fully saturated rings. The molecule has 0 spiro atoms. The van der Waals surface area contributed by atoms with Gasteiger partial charge in [0.1, 0.15) is 5.75 Å². The summed E-state index contributed by atoms with van der Waals surface area (Å²) in [5.74, 6) is -0.673. The standard InChI is InChI=1S/C11H15N3O3.ClH/c1-7(15)13-14-11(17)10(12)6-8-2-4-9(16)5-3-8;/h2-5,10,16H,6,12H2,1H3,(H,13,15)(H,14,17);1H. The molecule has 0 radical (unpaired) electrons. The van der Waals surface area contributed by atoms with E-state index in [-0.39, 0.29) is 24.1 Å². The third-order valence-corrected chi connectivity index (χ3v) is 2.09. The van der Waals surface area contributed by atoms with Crippen molar-refractivity contribution in [1.29, 1.82) is 0 Å². The molecule has 6 nitrogen and oxygen atoms in total. The summed E-state index contributed by atoms with van der Waals surface area (Å²) in [6.45, 7) is 1.28. The van der Waals surface area contributed by atoms with E-state index in [0.717, 1.165) is 5.56 Å². The normalized spacial score (nSPS) is 11.0. The van der Waals surface area contributed by atoms with Gasteiger partial charge in [0.05, 0.1) is 6.04 Å². The number of carbonyl (C=O) groups is 2. The molecule has 1 rings (SSSR count). The lowest BCUT2D eigenvalue weighted by atomic mass is 10.1. The van der Waals surface area contributed by atoms with Crippen molar-refractivity contribution in [3.63, 3.8) is 0 Å². The lowest BCUT2D eigenvalue weighted by Crippen LogP contribution is -2.49. The van der Waals surface area contributed by atoms with E-state index in [4.69, 9.17) is 10.8 Å². The predicted octanol–water partition coefficient (Wildman–Crippen LogP) is -0.149. The molecule has 0 bridgehead atoms. The highest BCUT2D eigenvalue weighted by Gasteiger charge is 2.13. The average Bonchev–Trinajstić information content (AvgIpc) is 2.28. The molecule has 0 aliphatic rings. The molecule has 7 heteroatoms.